The van der Waals surface area contributed by atoms with Gasteiger partial charge in [0.25, 0.3) is 5.91 Å². The molecule has 0 radical (unpaired) electrons. The van der Waals surface area contributed by atoms with Crippen LogP contribution < -0.4 is 4.74 Å². The highest BCUT2D eigenvalue weighted by molar-refractivity contribution is 6.30. The molecular weight excluding hydrogens is 458 g/mol. The fourth-order valence-electron chi connectivity index (χ4n) is 4.13. The monoisotopic (exact) mass is 489 g/mol. The van der Waals surface area contributed by atoms with Gasteiger partial charge in [-0.15, -0.1) is 0 Å². The number of aromatic nitrogens is 1. The molecule has 35 heavy (non-hydrogen) atoms. The summed E-state index contributed by atoms with van der Waals surface area (Å²) in [5.74, 6) is 1.01. The zero-order valence-electron chi connectivity index (χ0n) is 20.8. The third kappa shape index (κ3) is 6.20. The van der Waals surface area contributed by atoms with Crippen LogP contribution in [0.5, 0.6) is 5.75 Å². The van der Waals surface area contributed by atoms with Crippen molar-refractivity contribution < 1.29 is 14.3 Å². The molecule has 0 atom stereocenters. The largest absolute Gasteiger partial charge is 0.497 e. The van der Waals surface area contributed by atoms with Crippen LogP contribution >= 0.6 is 11.6 Å². The van der Waals surface area contributed by atoms with Crippen LogP contribution in [0.15, 0.2) is 72.8 Å². The maximum absolute atomic E-state index is 13.1. The van der Waals surface area contributed by atoms with E-state index in [0.717, 1.165) is 47.2 Å². The second-order valence-corrected chi connectivity index (χ2v) is 8.82. The third-order valence-corrected chi connectivity index (χ3v) is 6.16. The van der Waals surface area contributed by atoms with E-state index in [1.807, 2.05) is 62.4 Å². The van der Waals surface area contributed by atoms with Crippen molar-refractivity contribution in [3.05, 3.63) is 100 Å². The van der Waals surface area contributed by atoms with E-state index >= 15 is 0 Å². The SMILES string of the molecule is CCCC(=O)c1ccccc1.CCCc1c(C)n(C(=O)c2ccc(Cl)cc2)c2ccc(OC)cc12. The molecular formula is C30H32ClNO3. The van der Waals surface area contributed by atoms with Crippen molar-refractivity contribution in [3.63, 3.8) is 0 Å². The average molecular weight is 490 g/mol. The van der Waals surface area contributed by atoms with E-state index in [2.05, 4.69) is 6.92 Å². The van der Waals surface area contributed by atoms with Gasteiger partial charge in [-0.1, -0.05) is 62.2 Å². The van der Waals surface area contributed by atoms with Gasteiger partial charge in [0.2, 0.25) is 0 Å². The van der Waals surface area contributed by atoms with Crippen molar-refractivity contribution in [2.75, 3.05) is 7.11 Å². The van der Waals surface area contributed by atoms with Crippen molar-refractivity contribution >= 4 is 34.2 Å². The summed E-state index contributed by atoms with van der Waals surface area (Å²) >= 11 is 5.94. The number of carbonyl (C=O) groups excluding carboxylic acids is 2. The Morgan fingerprint density at radius 3 is 2.17 bits per heavy atom. The summed E-state index contributed by atoms with van der Waals surface area (Å²) < 4.78 is 7.15. The maximum Gasteiger partial charge on any atom is 0.262 e. The second-order valence-electron chi connectivity index (χ2n) is 8.38. The Morgan fingerprint density at radius 1 is 0.886 bits per heavy atom. The maximum atomic E-state index is 13.1. The smallest absolute Gasteiger partial charge is 0.262 e. The van der Waals surface area contributed by atoms with Gasteiger partial charge in [-0.2, -0.15) is 0 Å². The number of hydrogen-bond acceptors (Lipinski definition) is 3. The summed E-state index contributed by atoms with van der Waals surface area (Å²) in [4.78, 5) is 24.3. The molecule has 0 aliphatic heterocycles. The van der Waals surface area contributed by atoms with Crippen molar-refractivity contribution in [2.24, 2.45) is 0 Å². The number of ketones is 1. The molecule has 0 aliphatic carbocycles. The topological polar surface area (TPSA) is 48.3 Å². The first-order valence-electron chi connectivity index (χ1n) is 12.0. The van der Waals surface area contributed by atoms with Gasteiger partial charge in [0.15, 0.2) is 5.78 Å². The zero-order valence-corrected chi connectivity index (χ0v) is 21.6. The summed E-state index contributed by atoms with van der Waals surface area (Å²) in [6.45, 7) is 6.16. The minimum absolute atomic E-state index is 0.0401. The van der Waals surface area contributed by atoms with Crippen LogP contribution in [-0.4, -0.2) is 23.4 Å². The van der Waals surface area contributed by atoms with Crippen LogP contribution in [-0.2, 0) is 6.42 Å². The number of hydrogen-bond donors (Lipinski definition) is 0. The minimum Gasteiger partial charge on any atom is -0.497 e. The fourth-order valence-corrected chi connectivity index (χ4v) is 4.26. The lowest BCUT2D eigenvalue weighted by molar-refractivity contribution is 0.0960. The van der Waals surface area contributed by atoms with Gasteiger partial charge < -0.3 is 4.74 Å². The van der Waals surface area contributed by atoms with Crippen LogP contribution in [0, 0.1) is 6.92 Å². The van der Waals surface area contributed by atoms with Crippen molar-refractivity contribution in [1.82, 2.24) is 4.57 Å². The molecule has 182 valence electrons. The first-order valence-corrected chi connectivity index (χ1v) is 12.3. The van der Waals surface area contributed by atoms with E-state index in [4.69, 9.17) is 16.3 Å². The summed E-state index contributed by atoms with van der Waals surface area (Å²) in [5.41, 5.74) is 4.55. The molecule has 0 N–H and O–H groups in total. The molecule has 5 heteroatoms. The molecule has 0 aliphatic rings. The van der Waals surface area contributed by atoms with E-state index in [9.17, 15) is 9.59 Å². The second kappa shape index (κ2) is 12.4. The predicted octanol–water partition coefficient (Wildman–Crippen LogP) is 7.92. The van der Waals surface area contributed by atoms with E-state index < -0.39 is 0 Å². The Hall–Kier alpha value is -3.37. The molecule has 4 rings (SSSR count). The molecule has 0 spiro atoms. The number of carbonyl (C=O) groups is 2. The molecule has 1 aromatic heterocycles. The van der Waals surface area contributed by atoms with Crippen LogP contribution in [0.1, 0.15) is 65.1 Å². The van der Waals surface area contributed by atoms with Crippen molar-refractivity contribution in [1.29, 1.82) is 0 Å². The van der Waals surface area contributed by atoms with Gasteiger partial charge in [0.1, 0.15) is 5.75 Å². The van der Waals surface area contributed by atoms with Gasteiger partial charge in [0.05, 0.1) is 12.6 Å². The normalized spacial score (nSPS) is 10.5. The Kier molecular flexibility index (Phi) is 9.27. The summed E-state index contributed by atoms with van der Waals surface area (Å²) in [6.07, 6.45) is 3.53. The molecule has 0 unspecified atom stereocenters. The third-order valence-electron chi connectivity index (χ3n) is 5.91. The Balaban J connectivity index is 0.000000261. The summed E-state index contributed by atoms with van der Waals surface area (Å²) in [6, 6.07) is 22.3. The average Bonchev–Trinajstić information content (AvgIpc) is 3.15. The Bertz CT molecular complexity index is 1290. The zero-order chi connectivity index (χ0) is 25.4. The van der Waals surface area contributed by atoms with Crippen molar-refractivity contribution in [3.8, 4) is 5.75 Å². The number of fused-ring (bicyclic) bond motifs is 1. The van der Waals surface area contributed by atoms with Gasteiger partial charge in [-0.05, 0) is 67.8 Å². The molecule has 0 fully saturated rings. The van der Waals surface area contributed by atoms with Crippen LogP contribution in [0.25, 0.3) is 10.9 Å². The van der Waals surface area contributed by atoms with Gasteiger partial charge in [-0.25, -0.2) is 0 Å². The summed E-state index contributed by atoms with van der Waals surface area (Å²) in [5, 5.41) is 1.70. The van der Waals surface area contributed by atoms with E-state index in [-0.39, 0.29) is 11.7 Å². The molecule has 3 aromatic carbocycles. The van der Waals surface area contributed by atoms with Crippen LogP contribution in [0.2, 0.25) is 5.02 Å². The number of ether oxygens (including phenoxy) is 1. The quantitative estimate of drug-likeness (QED) is 0.248. The minimum atomic E-state index is -0.0401. The molecule has 0 amide bonds. The van der Waals surface area contributed by atoms with Crippen molar-refractivity contribution in [2.45, 2.75) is 46.5 Å². The highest BCUT2D eigenvalue weighted by Gasteiger charge is 2.20. The molecule has 4 nitrogen and oxygen atoms in total. The van der Waals surface area contributed by atoms with Gasteiger partial charge >= 0.3 is 0 Å². The first kappa shape index (κ1) is 26.2. The molecule has 0 saturated heterocycles. The number of benzene rings is 3. The number of halogens is 1. The highest BCUT2D eigenvalue weighted by Crippen LogP contribution is 2.31. The van der Waals surface area contributed by atoms with Gasteiger partial charge in [0, 0.05) is 33.7 Å². The summed E-state index contributed by atoms with van der Waals surface area (Å²) in [7, 11) is 1.66. The Labute approximate surface area is 212 Å². The van der Waals surface area contributed by atoms with E-state index in [1.165, 1.54) is 5.56 Å². The lowest BCUT2D eigenvalue weighted by atomic mass is 10.1. The molecule has 0 bridgehead atoms. The Morgan fingerprint density at radius 2 is 1.57 bits per heavy atom. The first-order chi connectivity index (χ1) is 16.9. The number of rotatable bonds is 7. The number of aryl methyl sites for hydroxylation is 1. The molecule has 0 saturated carbocycles. The fraction of sp³-hybridized carbons (Fsp3) is 0.267. The lowest BCUT2D eigenvalue weighted by Crippen LogP contribution is -2.13. The lowest BCUT2D eigenvalue weighted by Gasteiger charge is -2.08. The number of nitrogens with zero attached hydrogens (tertiary/aromatic N) is 1. The standard InChI is InChI=1S/C20H20ClNO2.C10H12O/c1-4-5-17-13(2)22(19-11-10-16(24-3)12-18(17)19)20(23)14-6-8-15(21)9-7-14;1-2-6-10(11)9-7-4-3-5-8-9/h6-12H,4-5H2,1-3H3;3-5,7-8H,2,6H2,1H3. The molecule has 1 heterocycles. The number of methoxy groups -OCH3 is 1. The van der Waals surface area contributed by atoms with Crippen LogP contribution in [0.3, 0.4) is 0 Å². The van der Waals surface area contributed by atoms with Gasteiger partial charge in [-0.3, -0.25) is 14.2 Å². The van der Waals surface area contributed by atoms with Crippen LogP contribution in [0.4, 0.5) is 0 Å². The molecule has 4 aromatic rings. The van der Waals surface area contributed by atoms with E-state index in [0.29, 0.717) is 17.0 Å². The van der Waals surface area contributed by atoms with E-state index in [1.54, 1.807) is 35.9 Å². The highest BCUT2D eigenvalue weighted by atomic mass is 35.5. The predicted molar refractivity (Wildman–Crippen MR) is 144 cm³/mol. The number of Topliss-reactive ketones (excluding diaryl/α,β-unsaturated/α-hetero) is 1.